The van der Waals surface area contributed by atoms with Crippen molar-refractivity contribution in [3.05, 3.63) is 35.9 Å². The minimum absolute atomic E-state index is 0.532. The molecule has 0 amide bonds. The first-order valence-corrected chi connectivity index (χ1v) is 9.52. The molecule has 0 radical (unpaired) electrons. The van der Waals surface area contributed by atoms with Crippen LogP contribution >= 0.6 is 11.8 Å². The minimum Gasteiger partial charge on any atom is -0.497 e. The lowest BCUT2D eigenvalue weighted by Crippen LogP contribution is -2.41. The molecule has 0 N–H and O–H groups in total. The molecule has 2 nitrogen and oxygen atoms in total. The number of nitrogens with zero attached hydrogens (tertiary/aromatic N) is 1. The first-order chi connectivity index (χ1) is 10.7. The fraction of sp³-hybridized carbons (Fsp3) is 0.579. The van der Waals surface area contributed by atoms with Crippen molar-refractivity contribution in [1.29, 1.82) is 0 Å². The standard InChI is InChI=1S/C19H29NOS/c1-15(2)18(20-12-6-5-7-13-20)14-19(22-4)16-8-10-17(21-3)11-9-16/h8-11,14-15,18H,5-7,12-13H2,1-4H3/b19-14-. The van der Waals surface area contributed by atoms with E-state index in [0.29, 0.717) is 12.0 Å². The predicted octanol–water partition coefficient (Wildman–Crippen LogP) is 4.91. The van der Waals surface area contributed by atoms with Crippen LogP contribution in [0.2, 0.25) is 0 Å². The third kappa shape index (κ3) is 4.53. The number of ether oxygens (including phenoxy) is 1. The van der Waals surface area contributed by atoms with Gasteiger partial charge in [-0.15, -0.1) is 11.8 Å². The second-order valence-electron chi connectivity index (χ2n) is 6.29. The zero-order chi connectivity index (χ0) is 15.9. The molecule has 2 rings (SSSR count). The Balaban J connectivity index is 2.22. The number of rotatable bonds is 6. The average Bonchev–Trinajstić information content (AvgIpc) is 2.56. The molecule has 1 aliphatic rings. The van der Waals surface area contributed by atoms with Crippen molar-refractivity contribution >= 4 is 16.7 Å². The van der Waals surface area contributed by atoms with Crippen LogP contribution in [0.4, 0.5) is 0 Å². The summed E-state index contributed by atoms with van der Waals surface area (Å²) in [5.74, 6) is 1.55. The highest BCUT2D eigenvalue weighted by Crippen LogP contribution is 2.30. The van der Waals surface area contributed by atoms with E-state index in [1.165, 1.54) is 42.8 Å². The van der Waals surface area contributed by atoms with Gasteiger partial charge in [0, 0.05) is 10.9 Å². The quantitative estimate of drug-likeness (QED) is 0.739. The Bertz CT molecular complexity index is 475. The Hall–Kier alpha value is -0.930. The molecule has 1 aliphatic heterocycles. The van der Waals surface area contributed by atoms with E-state index in [9.17, 15) is 0 Å². The number of methoxy groups -OCH3 is 1. The van der Waals surface area contributed by atoms with Gasteiger partial charge in [-0.3, -0.25) is 4.90 Å². The first-order valence-electron chi connectivity index (χ1n) is 8.30. The predicted molar refractivity (Wildman–Crippen MR) is 98.5 cm³/mol. The Labute approximate surface area is 139 Å². The number of hydrogen-bond acceptors (Lipinski definition) is 3. The third-order valence-corrected chi connectivity index (χ3v) is 5.22. The lowest BCUT2D eigenvalue weighted by atomic mass is 9.98. The number of benzene rings is 1. The summed E-state index contributed by atoms with van der Waals surface area (Å²) in [6, 6.07) is 8.95. The molecule has 0 aliphatic carbocycles. The van der Waals surface area contributed by atoms with E-state index in [0.717, 1.165) is 5.75 Å². The maximum absolute atomic E-state index is 5.26. The summed E-state index contributed by atoms with van der Waals surface area (Å²) in [6.45, 7) is 7.15. The summed E-state index contributed by atoms with van der Waals surface area (Å²) in [4.78, 5) is 4.03. The van der Waals surface area contributed by atoms with Gasteiger partial charge >= 0.3 is 0 Å². The maximum Gasteiger partial charge on any atom is 0.118 e. The Morgan fingerprint density at radius 2 is 1.77 bits per heavy atom. The number of likely N-dealkylation sites (tertiary alicyclic amines) is 1. The molecule has 0 spiro atoms. The fourth-order valence-corrected chi connectivity index (χ4v) is 3.78. The Kier molecular flexibility index (Phi) is 6.84. The molecule has 1 heterocycles. The number of thioether (sulfide) groups is 1. The van der Waals surface area contributed by atoms with Crippen LogP contribution in [-0.2, 0) is 0 Å². The van der Waals surface area contributed by atoms with Crippen LogP contribution in [0.5, 0.6) is 5.75 Å². The number of hydrogen-bond donors (Lipinski definition) is 0. The van der Waals surface area contributed by atoms with E-state index in [2.05, 4.69) is 43.2 Å². The van der Waals surface area contributed by atoms with Gasteiger partial charge in [0.1, 0.15) is 5.75 Å². The van der Waals surface area contributed by atoms with Gasteiger partial charge < -0.3 is 4.74 Å². The van der Waals surface area contributed by atoms with Gasteiger partial charge in [-0.1, -0.05) is 38.5 Å². The molecule has 3 heteroatoms. The lowest BCUT2D eigenvalue weighted by Gasteiger charge is -2.35. The second kappa shape index (κ2) is 8.64. The van der Waals surface area contributed by atoms with Crippen molar-refractivity contribution in [2.24, 2.45) is 5.92 Å². The van der Waals surface area contributed by atoms with Crippen LogP contribution in [0.15, 0.2) is 30.3 Å². The molecule has 1 aromatic rings. The van der Waals surface area contributed by atoms with Gasteiger partial charge in [0.15, 0.2) is 0 Å². The molecule has 0 saturated carbocycles. The van der Waals surface area contributed by atoms with E-state index in [-0.39, 0.29) is 0 Å². The summed E-state index contributed by atoms with van der Waals surface area (Å²) in [7, 11) is 1.71. The largest absolute Gasteiger partial charge is 0.497 e. The Morgan fingerprint density at radius 1 is 1.14 bits per heavy atom. The van der Waals surface area contributed by atoms with E-state index >= 15 is 0 Å². The van der Waals surface area contributed by atoms with E-state index in [4.69, 9.17) is 4.74 Å². The summed E-state index contributed by atoms with van der Waals surface area (Å²) >= 11 is 1.84. The van der Waals surface area contributed by atoms with Crippen LogP contribution < -0.4 is 4.74 Å². The molecular formula is C19H29NOS. The average molecular weight is 320 g/mol. The van der Waals surface area contributed by atoms with Gasteiger partial charge in [-0.05, 0) is 55.8 Å². The van der Waals surface area contributed by atoms with E-state index in [1.54, 1.807) is 7.11 Å². The normalized spacial score (nSPS) is 18.5. The van der Waals surface area contributed by atoms with Crippen molar-refractivity contribution < 1.29 is 4.74 Å². The van der Waals surface area contributed by atoms with Crippen molar-refractivity contribution in [2.45, 2.75) is 39.2 Å². The van der Waals surface area contributed by atoms with E-state index in [1.807, 2.05) is 23.9 Å². The molecule has 0 aromatic heterocycles. The topological polar surface area (TPSA) is 12.5 Å². The highest BCUT2D eigenvalue weighted by molar-refractivity contribution is 8.07. The summed E-state index contributed by atoms with van der Waals surface area (Å²) in [6.07, 6.45) is 8.72. The molecule has 22 heavy (non-hydrogen) atoms. The van der Waals surface area contributed by atoms with Crippen LogP contribution in [0.3, 0.4) is 0 Å². The van der Waals surface area contributed by atoms with Gasteiger partial charge in [-0.25, -0.2) is 0 Å². The molecule has 1 unspecified atom stereocenters. The molecule has 1 fully saturated rings. The van der Waals surface area contributed by atoms with E-state index < -0.39 is 0 Å². The SMILES string of the molecule is COc1ccc(/C(=C/C(C(C)C)N2CCCCC2)SC)cc1. The maximum atomic E-state index is 5.26. The molecule has 122 valence electrons. The molecule has 1 saturated heterocycles. The van der Waals surface area contributed by atoms with Crippen LogP contribution in [0.1, 0.15) is 38.7 Å². The molecular weight excluding hydrogens is 290 g/mol. The minimum atomic E-state index is 0.532. The molecule has 1 atom stereocenters. The van der Waals surface area contributed by atoms with Crippen molar-refractivity contribution in [2.75, 3.05) is 26.5 Å². The first kappa shape index (κ1) is 17.4. The highest BCUT2D eigenvalue weighted by atomic mass is 32.2. The summed E-state index contributed by atoms with van der Waals surface area (Å²) in [5.41, 5.74) is 1.29. The smallest absolute Gasteiger partial charge is 0.118 e. The van der Waals surface area contributed by atoms with Gasteiger partial charge in [0.05, 0.1) is 7.11 Å². The molecule has 1 aromatic carbocycles. The zero-order valence-corrected chi connectivity index (χ0v) is 15.2. The van der Waals surface area contributed by atoms with Gasteiger partial charge in [-0.2, -0.15) is 0 Å². The molecule has 0 bridgehead atoms. The van der Waals surface area contributed by atoms with Crippen LogP contribution in [0.25, 0.3) is 4.91 Å². The lowest BCUT2D eigenvalue weighted by molar-refractivity contribution is 0.159. The summed E-state index contributed by atoms with van der Waals surface area (Å²) in [5, 5.41) is 0. The summed E-state index contributed by atoms with van der Waals surface area (Å²) < 4.78 is 5.26. The fourth-order valence-electron chi connectivity index (χ4n) is 3.13. The number of piperidine rings is 1. The van der Waals surface area contributed by atoms with Crippen LogP contribution in [0, 0.1) is 5.92 Å². The van der Waals surface area contributed by atoms with Crippen molar-refractivity contribution in [1.82, 2.24) is 4.90 Å². The second-order valence-corrected chi connectivity index (χ2v) is 7.14. The van der Waals surface area contributed by atoms with Crippen LogP contribution in [-0.4, -0.2) is 37.4 Å². The van der Waals surface area contributed by atoms with Gasteiger partial charge in [0.25, 0.3) is 0 Å². The highest BCUT2D eigenvalue weighted by Gasteiger charge is 2.22. The Morgan fingerprint density at radius 3 is 2.27 bits per heavy atom. The van der Waals surface area contributed by atoms with Crippen molar-refractivity contribution in [3.63, 3.8) is 0 Å². The van der Waals surface area contributed by atoms with Crippen molar-refractivity contribution in [3.8, 4) is 5.75 Å². The zero-order valence-electron chi connectivity index (χ0n) is 14.3. The monoisotopic (exact) mass is 319 g/mol. The third-order valence-electron chi connectivity index (χ3n) is 4.41. The van der Waals surface area contributed by atoms with Gasteiger partial charge in [0.2, 0.25) is 0 Å².